The third kappa shape index (κ3) is 2.89. The molecular weight excluding hydrogens is 355 g/mol. The minimum atomic E-state index is -0.536. The van der Waals surface area contributed by atoms with Gasteiger partial charge in [0.05, 0.1) is 17.1 Å². The van der Waals surface area contributed by atoms with Crippen molar-refractivity contribution in [3.63, 3.8) is 0 Å². The molecule has 0 saturated carbocycles. The second kappa shape index (κ2) is 4.85. The van der Waals surface area contributed by atoms with Gasteiger partial charge in [-0.3, -0.25) is 4.57 Å². The van der Waals surface area contributed by atoms with Gasteiger partial charge in [0, 0.05) is 15.2 Å². The van der Waals surface area contributed by atoms with Gasteiger partial charge in [-0.1, -0.05) is 0 Å². The molecule has 1 aromatic heterocycles. The molecule has 0 aliphatic rings. The number of nitriles is 1. The van der Waals surface area contributed by atoms with Crippen molar-refractivity contribution in [2.45, 2.75) is 26.4 Å². The number of benzene rings is 1. The normalized spacial score (nSPS) is 11.3. The van der Waals surface area contributed by atoms with E-state index in [9.17, 15) is 4.79 Å². The topological polar surface area (TPSA) is 55.0 Å². The van der Waals surface area contributed by atoms with E-state index in [2.05, 4.69) is 28.7 Å². The Hall–Kier alpha value is -1.55. The summed E-state index contributed by atoms with van der Waals surface area (Å²) in [5.41, 5.74) is 0.788. The van der Waals surface area contributed by atoms with Crippen LogP contribution in [-0.2, 0) is 4.74 Å². The van der Waals surface area contributed by atoms with E-state index in [-0.39, 0.29) is 0 Å². The summed E-state index contributed by atoms with van der Waals surface area (Å²) in [6.45, 7) is 5.49. The van der Waals surface area contributed by atoms with Gasteiger partial charge in [-0.15, -0.1) is 0 Å². The number of aromatic nitrogens is 1. The van der Waals surface area contributed by atoms with Gasteiger partial charge in [-0.25, -0.2) is 4.79 Å². The maximum atomic E-state index is 12.1. The van der Waals surface area contributed by atoms with Crippen molar-refractivity contribution >= 4 is 39.6 Å². The molecule has 1 aromatic carbocycles. The van der Waals surface area contributed by atoms with Gasteiger partial charge in [0.1, 0.15) is 5.60 Å². The highest BCUT2D eigenvalue weighted by Gasteiger charge is 2.20. The molecule has 19 heavy (non-hydrogen) atoms. The van der Waals surface area contributed by atoms with Crippen LogP contribution in [0.15, 0.2) is 24.4 Å². The standard InChI is InChI=1S/C14H13IN2O2/c1-14(2,3)19-13(18)17-8-11(15)10-6-9(7-16)4-5-12(10)17/h4-6,8H,1-3H3. The molecule has 98 valence electrons. The van der Waals surface area contributed by atoms with E-state index in [1.807, 2.05) is 20.8 Å². The summed E-state index contributed by atoms with van der Waals surface area (Å²) in [4.78, 5) is 12.1. The minimum Gasteiger partial charge on any atom is -0.443 e. The lowest BCUT2D eigenvalue weighted by Gasteiger charge is -2.19. The zero-order valence-electron chi connectivity index (χ0n) is 10.9. The Morgan fingerprint density at radius 2 is 2.11 bits per heavy atom. The average Bonchev–Trinajstić information content (AvgIpc) is 2.64. The molecular formula is C14H13IN2O2. The second-order valence-electron chi connectivity index (χ2n) is 5.17. The van der Waals surface area contributed by atoms with Crippen LogP contribution in [0.2, 0.25) is 0 Å². The molecule has 5 heteroatoms. The van der Waals surface area contributed by atoms with E-state index in [0.29, 0.717) is 5.56 Å². The molecule has 0 unspecified atom stereocenters. The highest BCUT2D eigenvalue weighted by molar-refractivity contribution is 14.1. The van der Waals surface area contributed by atoms with Crippen molar-refractivity contribution in [2.24, 2.45) is 0 Å². The number of carbonyl (C=O) groups is 1. The van der Waals surface area contributed by atoms with E-state index in [4.69, 9.17) is 10.00 Å². The summed E-state index contributed by atoms with van der Waals surface area (Å²) in [6, 6.07) is 7.33. The molecule has 0 aliphatic carbocycles. The Morgan fingerprint density at radius 3 is 2.68 bits per heavy atom. The van der Waals surface area contributed by atoms with Crippen molar-refractivity contribution in [3.05, 3.63) is 33.5 Å². The molecule has 0 bridgehead atoms. The molecule has 0 radical (unpaired) electrons. The van der Waals surface area contributed by atoms with Gasteiger partial charge in [-0.2, -0.15) is 5.26 Å². The molecule has 0 saturated heterocycles. The fourth-order valence-electron chi connectivity index (χ4n) is 1.72. The van der Waals surface area contributed by atoms with Crippen LogP contribution in [0, 0.1) is 14.9 Å². The predicted molar refractivity (Wildman–Crippen MR) is 81.0 cm³/mol. The summed E-state index contributed by atoms with van der Waals surface area (Å²) in [5.74, 6) is 0. The Morgan fingerprint density at radius 1 is 1.42 bits per heavy atom. The van der Waals surface area contributed by atoms with Crippen molar-refractivity contribution in [1.82, 2.24) is 4.57 Å². The van der Waals surface area contributed by atoms with Crippen LogP contribution in [0.1, 0.15) is 26.3 Å². The van der Waals surface area contributed by atoms with Gasteiger partial charge in [-0.05, 0) is 61.6 Å². The highest BCUT2D eigenvalue weighted by Crippen LogP contribution is 2.25. The zero-order chi connectivity index (χ0) is 14.2. The van der Waals surface area contributed by atoms with E-state index < -0.39 is 11.7 Å². The van der Waals surface area contributed by atoms with E-state index in [1.165, 1.54) is 4.57 Å². The lowest BCUT2D eigenvalue weighted by atomic mass is 10.2. The molecule has 0 atom stereocenters. The number of ether oxygens (including phenoxy) is 1. The van der Waals surface area contributed by atoms with Crippen LogP contribution in [0.25, 0.3) is 10.9 Å². The third-order valence-corrected chi connectivity index (χ3v) is 3.33. The monoisotopic (exact) mass is 368 g/mol. The third-order valence-electron chi connectivity index (χ3n) is 2.48. The van der Waals surface area contributed by atoms with Crippen LogP contribution in [-0.4, -0.2) is 16.3 Å². The zero-order valence-corrected chi connectivity index (χ0v) is 13.1. The number of halogens is 1. The summed E-state index contributed by atoms with van der Waals surface area (Å²) in [5, 5.41) is 9.79. The molecule has 0 N–H and O–H groups in total. The van der Waals surface area contributed by atoms with Crippen molar-refractivity contribution in [3.8, 4) is 6.07 Å². The minimum absolute atomic E-state index is 0.412. The first-order chi connectivity index (χ1) is 8.81. The molecule has 0 aliphatic heterocycles. The number of carbonyl (C=O) groups excluding carboxylic acids is 1. The fourth-order valence-corrected chi connectivity index (χ4v) is 2.43. The van der Waals surface area contributed by atoms with Crippen LogP contribution < -0.4 is 0 Å². The van der Waals surface area contributed by atoms with Gasteiger partial charge in [0.15, 0.2) is 0 Å². The van der Waals surface area contributed by atoms with Crippen molar-refractivity contribution in [1.29, 1.82) is 5.26 Å². The predicted octanol–water partition coefficient (Wildman–Crippen LogP) is 3.90. The number of hydrogen-bond acceptors (Lipinski definition) is 3. The summed E-state index contributed by atoms with van der Waals surface area (Å²) in [6.07, 6.45) is 1.31. The van der Waals surface area contributed by atoms with Gasteiger partial charge >= 0.3 is 6.09 Å². The first-order valence-electron chi connectivity index (χ1n) is 5.76. The first-order valence-corrected chi connectivity index (χ1v) is 6.84. The largest absolute Gasteiger partial charge is 0.443 e. The molecule has 2 rings (SSSR count). The summed E-state index contributed by atoms with van der Waals surface area (Å²) in [7, 11) is 0. The average molecular weight is 368 g/mol. The Bertz CT molecular complexity index is 690. The number of hydrogen-bond donors (Lipinski definition) is 0. The maximum Gasteiger partial charge on any atom is 0.419 e. The van der Waals surface area contributed by atoms with E-state index >= 15 is 0 Å². The lowest BCUT2D eigenvalue weighted by molar-refractivity contribution is 0.0544. The van der Waals surface area contributed by atoms with Gasteiger partial charge in [0.2, 0.25) is 0 Å². The summed E-state index contributed by atoms with van der Waals surface area (Å²) >= 11 is 2.14. The molecule has 0 spiro atoms. The highest BCUT2D eigenvalue weighted by atomic mass is 127. The van der Waals surface area contributed by atoms with Crippen LogP contribution in [0.4, 0.5) is 4.79 Å². The Labute approximate surface area is 125 Å². The second-order valence-corrected chi connectivity index (χ2v) is 6.33. The summed E-state index contributed by atoms with van der Waals surface area (Å²) < 4.78 is 7.75. The molecule has 2 aromatic rings. The van der Waals surface area contributed by atoms with Crippen molar-refractivity contribution in [2.75, 3.05) is 0 Å². The molecule has 4 nitrogen and oxygen atoms in total. The van der Waals surface area contributed by atoms with Crippen LogP contribution >= 0.6 is 22.6 Å². The molecule has 0 fully saturated rings. The number of rotatable bonds is 0. The van der Waals surface area contributed by atoms with Crippen molar-refractivity contribution < 1.29 is 9.53 Å². The smallest absolute Gasteiger partial charge is 0.419 e. The van der Waals surface area contributed by atoms with Gasteiger partial charge in [0.25, 0.3) is 0 Å². The molecule has 0 amide bonds. The SMILES string of the molecule is CC(C)(C)OC(=O)n1cc(I)c2cc(C#N)ccc21. The number of nitrogens with zero attached hydrogens (tertiary/aromatic N) is 2. The number of fused-ring (bicyclic) bond motifs is 1. The first kappa shape index (κ1) is 13.9. The van der Waals surface area contributed by atoms with Crippen LogP contribution in [0.5, 0.6) is 0 Å². The lowest BCUT2D eigenvalue weighted by Crippen LogP contribution is -2.26. The Balaban J connectivity index is 2.52. The van der Waals surface area contributed by atoms with E-state index in [0.717, 1.165) is 14.5 Å². The fraction of sp³-hybridized carbons (Fsp3) is 0.286. The maximum absolute atomic E-state index is 12.1. The molecule has 1 heterocycles. The van der Waals surface area contributed by atoms with Crippen LogP contribution in [0.3, 0.4) is 0 Å². The quantitative estimate of drug-likeness (QED) is 0.663. The van der Waals surface area contributed by atoms with E-state index in [1.54, 1.807) is 24.4 Å². The Kier molecular flexibility index (Phi) is 3.54. The van der Waals surface area contributed by atoms with Gasteiger partial charge < -0.3 is 4.74 Å².